The van der Waals surface area contributed by atoms with Crippen molar-refractivity contribution < 1.29 is 28.4 Å². The Bertz CT molecular complexity index is 772. The van der Waals surface area contributed by atoms with E-state index < -0.39 is 29.9 Å². The Morgan fingerprint density at radius 1 is 1.17 bits per heavy atom. The first-order chi connectivity index (χ1) is 13.7. The van der Waals surface area contributed by atoms with Crippen LogP contribution in [0.4, 0.5) is 5.69 Å². The van der Waals surface area contributed by atoms with Gasteiger partial charge in [0.25, 0.3) is 0 Å². The summed E-state index contributed by atoms with van der Waals surface area (Å²) in [7, 11) is -0.573. The summed E-state index contributed by atoms with van der Waals surface area (Å²) in [5.74, 6) is -0.696. The van der Waals surface area contributed by atoms with E-state index in [1.807, 2.05) is 54.5 Å². The van der Waals surface area contributed by atoms with Crippen LogP contribution in [0, 0.1) is 0 Å². The normalized spacial score (nSPS) is 17.5. The Labute approximate surface area is 179 Å². The molecular formula is C21H33BN2O6. The molecule has 1 aliphatic rings. The van der Waals surface area contributed by atoms with Crippen molar-refractivity contribution in [2.45, 2.75) is 85.2 Å². The van der Waals surface area contributed by atoms with Gasteiger partial charge in [-0.2, -0.15) is 0 Å². The maximum Gasteiger partial charge on any atom is 0.496 e. The molecule has 1 aliphatic heterocycles. The zero-order valence-electron chi connectivity index (χ0n) is 19.3. The van der Waals surface area contributed by atoms with E-state index in [9.17, 15) is 9.59 Å². The second-order valence-electron chi connectivity index (χ2n) is 9.39. The highest BCUT2D eigenvalue weighted by Gasteiger charge is 2.51. The van der Waals surface area contributed by atoms with Gasteiger partial charge in [-0.15, -0.1) is 0 Å². The first kappa shape index (κ1) is 24.1. The first-order valence-electron chi connectivity index (χ1n) is 10.1. The quantitative estimate of drug-likeness (QED) is 0.531. The van der Waals surface area contributed by atoms with Crippen molar-refractivity contribution in [3.05, 3.63) is 18.0 Å². The number of aromatic nitrogens is 1. The van der Waals surface area contributed by atoms with E-state index in [-0.39, 0.29) is 19.0 Å². The second kappa shape index (κ2) is 8.94. The molecule has 2 heterocycles. The van der Waals surface area contributed by atoms with Crippen LogP contribution < -0.4 is 10.8 Å². The monoisotopic (exact) mass is 420 g/mol. The van der Waals surface area contributed by atoms with Crippen molar-refractivity contribution in [1.82, 2.24) is 4.98 Å². The molecule has 0 unspecified atom stereocenters. The van der Waals surface area contributed by atoms with Gasteiger partial charge in [0.2, 0.25) is 0 Å². The van der Waals surface area contributed by atoms with E-state index in [2.05, 4.69) is 10.3 Å². The molecule has 1 fully saturated rings. The third-order valence-electron chi connectivity index (χ3n) is 4.99. The number of esters is 2. The summed E-state index contributed by atoms with van der Waals surface area (Å²) < 4.78 is 22.6. The fourth-order valence-electron chi connectivity index (χ4n) is 2.75. The lowest BCUT2D eigenvalue weighted by molar-refractivity contribution is -0.154. The zero-order valence-corrected chi connectivity index (χ0v) is 19.3. The van der Waals surface area contributed by atoms with Crippen molar-refractivity contribution >= 4 is 30.2 Å². The SMILES string of the molecule is CC(=O)OCc1ncc(B2OC(C)(C)C(C)(C)O2)cc1NCCC(=O)OC(C)(C)C. The number of pyridine rings is 1. The maximum absolute atomic E-state index is 12.0. The second-order valence-corrected chi connectivity index (χ2v) is 9.39. The lowest BCUT2D eigenvalue weighted by Gasteiger charge is -2.32. The van der Waals surface area contributed by atoms with Gasteiger partial charge in [0, 0.05) is 25.1 Å². The molecule has 0 spiro atoms. The molecule has 1 aromatic heterocycles. The summed E-state index contributed by atoms with van der Waals surface area (Å²) in [5, 5.41) is 3.19. The van der Waals surface area contributed by atoms with Crippen molar-refractivity contribution in [1.29, 1.82) is 0 Å². The lowest BCUT2D eigenvalue weighted by atomic mass is 9.80. The van der Waals surface area contributed by atoms with Gasteiger partial charge in [0.1, 0.15) is 17.9 Å². The third kappa shape index (κ3) is 6.44. The van der Waals surface area contributed by atoms with Crippen molar-refractivity contribution in [3.63, 3.8) is 0 Å². The van der Waals surface area contributed by atoms with Crippen LogP contribution in [-0.2, 0) is 35.0 Å². The molecule has 0 saturated carbocycles. The fourth-order valence-corrected chi connectivity index (χ4v) is 2.75. The molecule has 1 N–H and O–H groups in total. The Kier molecular flexibility index (Phi) is 7.19. The van der Waals surface area contributed by atoms with Crippen molar-refractivity contribution in [3.8, 4) is 0 Å². The summed E-state index contributed by atoms with van der Waals surface area (Å²) in [6.07, 6.45) is 1.84. The van der Waals surface area contributed by atoms with Gasteiger partial charge in [0.05, 0.1) is 23.3 Å². The molecule has 1 aromatic rings. The van der Waals surface area contributed by atoms with E-state index in [1.54, 1.807) is 6.20 Å². The van der Waals surface area contributed by atoms with E-state index in [0.717, 1.165) is 5.46 Å². The van der Waals surface area contributed by atoms with Gasteiger partial charge in [-0.25, -0.2) is 0 Å². The number of anilines is 1. The number of ether oxygens (including phenoxy) is 2. The van der Waals surface area contributed by atoms with Crippen LogP contribution in [0.1, 0.15) is 67.5 Å². The number of carbonyl (C=O) groups excluding carboxylic acids is 2. The molecule has 30 heavy (non-hydrogen) atoms. The van der Waals surface area contributed by atoms with Crippen LogP contribution in [0.3, 0.4) is 0 Å². The van der Waals surface area contributed by atoms with E-state index >= 15 is 0 Å². The molecule has 0 aliphatic carbocycles. The molecule has 0 atom stereocenters. The van der Waals surface area contributed by atoms with Gasteiger partial charge in [-0.05, 0) is 54.5 Å². The minimum atomic E-state index is -0.573. The van der Waals surface area contributed by atoms with Crippen LogP contribution >= 0.6 is 0 Å². The summed E-state index contributed by atoms with van der Waals surface area (Å²) in [6.45, 7) is 15.1. The number of hydrogen-bond acceptors (Lipinski definition) is 8. The topological polar surface area (TPSA) is 96.0 Å². The van der Waals surface area contributed by atoms with Crippen molar-refractivity contribution in [2.24, 2.45) is 0 Å². The smallest absolute Gasteiger partial charge is 0.460 e. The van der Waals surface area contributed by atoms with E-state index in [0.29, 0.717) is 17.9 Å². The van der Waals surface area contributed by atoms with Gasteiger partial charge in [0.15, 0.2) is 0 Å². The van der Waals surface area contributed by atoms with Gasteiger partial charge in [-0.1, -0.05) is 0 Å². The lowest BCUT2D eigenvalue weighted by Crippen LogP contribution is -2.41. The number of carbonyl (C=O) groups is 2. The minimum absolute atomic E-state index is 0.0216. The molecule has 8 nitrogen and oxygen atoms in total. The number of rotatable bonds is 7. The van der Waals surface area contributed by atoms with Gasteiger partial charge < -0.3 is 24.1 Å². The van der Waals surface area contributed by atoms with E-state index in [1.165, 1.54) is 6.92 Å². The molecule has 166 valence electrons. The molecule has 9 heteroatoms. The van der Waals surface area contributed by atoms with Crippen molar-refractivity contribution in [2.75, 3.05) is 11.9 Å². The van der Waals surface area contributed by atoms with Gasteiger partial charge in [-0.3, -0.25) is 14.6 Å². The average Bonchev–Trinajstić information content (AvgIpc) is 2.79. The highest BCUT2D eigenvalue weighted by atomic mass is 16.7. The largest absolute Gasteiger partial charge is 0.496 e. The number of nitrogens with one attached hydrogen (secondary N) is 1. The highest BCUT2D eigenvalue weighted by Crippen LogP contribution is 2.36. The molecule has 0 radical (unpaired) electrons. The highest BCUT2D eigenvalue weighted by molar-refractivity contribution is 6.62. The molecule has 0 aromatic carbocycles. The van der Waals surface area contributed by atoms with E-state index in [4.69, 9.17) is 18.8 Å². The van der Waals surface area contributed by atoms with Crippen LogP contribution in [0.2, 0.25) is 0 Å². The molecular weight excluding hydrogens is 387 g/mol. The summed E-state index contributed by atoms with van der Waals surface area (Å²) >= 11 is 0. The number of hydrogen-bond donors (Lipinski definition) is 1. The first-order valence-corrected chi connectivity index (χ1v) is 10.1. The molecule has 0 amide bonds. The summed E-state index contributed by atoms with van der Waals surface area (Å²) in [4.78, 5) is 27.6. The fraction of sp³-hybridized carbons (Fsp3) is 0.667. The van der Waals surface area contributed by atoms with Crippen LogP contribution in [-0.4, -0.2) is 47.4 Å². The number of nitrogens with zero attached hydrogens (tertiary/aromatic N) is 1. The Morgan fingerprint density at radius 2 is 1.77 bits per heavy atom. The standard InChI is InChI=1S/C21H33BN2O6/c1-14(25)27-13-17-16(23-10-9-18(26)28-19(2,3)4)11-15(12-24-17)22-29-20(5,6)21(7,8)30-22/h11-12,23H,9-10,13H2,1-8H3. The third-order valence-corrected chi connectivity index (χ3v) is 4.99. The van der Waals surface area contributed by atoms with Crippen LogP contribution in [0.15, 0.2) is 12.3 Å². The Balaban J connectivity index is 2.15. The molecule has 0 bridgehead atoms. The van der Waals surface area contributed by atoms with Gasteiger partial charge >= 0.3 is 19.1 Å². The molecule has 1 saturated heterocycles. The predicted octanol–water partition coefficient (Wildman–Crippen LogP) is 2.59. The van der Waals surface area contributed by atoms with Crippen LogP contribution in [0.5, 0.6) is 0 Å². The predicted molar refractivity (Wildman–Crippen MR) is 114 cm³/mol. The Hall–Kier alpha value is -2.13. The average molecular weight is 420 g/mol. The minimum Gasteiger partial charge on any atom is -0.460 e. The molecule has 2 rings (SSSR count). The summed E-state index contributed by atoms with van der Waals surface area (Å²) in [6, 6.07) is 1.85. The summed E-state index contributed by atoms with van der Waals surface area (Å²) in [5.41, 5.74) is 0.453. The Morgan fingerprint density at radius 3 is 2.30 bits per heavy atom. The zero-order chi connectivity index (χ0) is 22.7. The maximum atomic E-state index is 12.0. The van der Waals surface area contributed by atoms with Crippen LogP contribution in [0.25, 0.3) is 0 Å².